The molecule has 0 saturated heterocycles. The summed E-state index contributed by atoms with van der Waals surface area (Å²) < 4.78 is 35.2. The molecule has 0 unspecified atom stereocenters. The smallest absolute Gasteiger partial charge is 0.252 e. The number of benzene rings is 2. The third-order valence-electron chi connectivity index (χ3n) is 6.77. The van der Waals surface area contributed by atoms with Gasteiger partial charge < -0.3 is 0 Å². The van der Waals surface area contributed by atoms with E-state index in [-0.39, 0.29) is 25.5 Å². The SMILES string of the molecule is C1=CC2(C=CC=C3C2=Cc2ccccc23)C2=Cc3ccccc3C2=C1.FC(F)(F)c1ccccn1.[Ir]. The minimum absolute atomic E-state index is 0. The van der Waals surface area contributed by atoms with Gasteiger partial charge in [-0.05, 0) is 68.8 Å². The first-order valence-corrected chi connectivity index (χ1v) is 11.4. The fourth-order valence-electron chi connectivity index (χ4n) is 5.22. The van der Waals surface area contributed by atoms with Crippen LogP contribution in [0.25, 0.3) is 23.3 Å². The molecule has 1 nitrogen and oxygen atoms in total. The van der Waals surface area contributed by atoms with E-state index in [1.807, 2.05) is 0 Å². The van der Waals surface area contributed by atoms with Gasteiger partial charge in [-0.3, -0.25) is 4.98 Å². The first kappa shape index (κ1) is 24.2. The van der Waals surface area contributed by atoms with Crippen LogP contribution in [0.5, 0.6) is 0 Å². The molecule has 5 heteroatoms. The zero-order valence-electron chi connectivity index (χ0n) is 19.0. The maximum atomic E-state index is 11.7. The molecule has 1 radical (unpaired) electrons. The van der Waals surface area contributed by atoms with E-state index in [2.05, 4.69) is 102 Å². The van der Waals surface area contributed by atoms with Gasteiger partial charge in [-0.15, -0.1) is 0 Å². The van der Waals surface area contributed by atoms with Crippen LogP contribution in [-0.4, -0.2) is 4.98 Å². The molecular weight excluding hydrogens is 636 g/mol. The summed E-state index contributed by atoms with van der Waals surface area (Å²) in [7, 11) is 0. The quantitative estimate of drug-likeness (QED) is 0.238. The molecule has 4 aliphatic rings. The summed E-state index contributed by atoms with van der Waals surface area (Å²) in [5.41, 5.74) is 9.86. The molecule has 0 bridgehead atoms. The Bertz CT molecular complexity index is 1430. The van der Waals surface area contributed by atoms with Crippen LogP contribution < -0.4 is 0 Å². The monoisotopic (exact) mass is 656 g/mol. The second-order valence-electron chi connectivity index (χ2n) is 8.75. The second kappa shape index (κ2) is 9.16. The number of alkyl halides is 3. The average Bonchev–Trinajstić information content (AvgIpc) is 3.45. The molecule has 36 heavy (non-hydrogen) atoms. The zero-order chi connectivity index (χ0) is 24.0. The van der Waals surface area contributed by atoms with E-state index in [9.17, 15) is 13.2 Å². The minimum atomic E-state index is -4.32. The van der Waals surface area contributed by atoms with Crippen molar-refractivity contribution in [3.63, 3.8) is 0 Å². The fraction of sp³-hybridized carbons (Fsp3) is 0.0645. The Morgan fingerprint density at radius 2 is 1.14 bits per heavy atom. The average molecular weight is 656 g/mol. The van der Waals surface area contributed by atoms with Crippen LogP contribution in [0, 0.1) is 5.41 Å². The van der Waals surface area contributed by atoms with Crippen molar-refractivity contribution in [1.82, 2.24) is 4.98 Å². The van der Waals surface area contributed by atoms with E-state index in [4.69, 9.17) is 0 Å². The summed E-state index contributed by atoms with van der Waals surface area (Å²) in [6, 6.07) is 21.1. The van der Waals surface area contributed by atoms with Gasteiger partial charge in [0.05, 0.1) is 5.41 Å². The number of aromatic nitrogens is 1. The van der Waals surface area contributed by atoms with Gasteiger partial charge in [0, 0.05) is 26.3 Å². The van der Waals surface area contributed by atoms with Crippen molar-refractivity contribution in [3.8, 4) is 0 Å². The van der Waals surface area contributed by atoms with E-state index in [0.717, 1.165) is 12.3 Å². The Morgan fingerprint density at radius 1 is 0.639 bits per heavy atom. The van der Waals surface area contributed by atoms with E-state index >= 15 is 0 Å². The predicted octanol–water partition coefficient (Wildman–Crippen LogP) is 8.17. The summed E-state index contributed by atoms with van der Waals surface area (Å²) in [5, 5.41) is 0. The third-order valence-corrected chi connectivity index (χ3v) is 6.77. The normalized spacial score (nSPS) is 17.2. The number of allylic oxidation sites excluding steroid dienone is 10. The largest absolute Gasteiger partial charge is 0.433 e. The number of fused-ring (bicyclic) bond motifs is 8. The van der Waals surface area contributed by atoms with Gasteiger partial charge in [0.15, 0.2) is 0 Å². The molecular formula is C31H20F3IrN. The van der Waals surface area contributed by atoms with Crippen molar-refractivity contribution < 1.29 is 33.3 Å². The first-order chi connectivity index (χ1) is 17.0. The topological polar surface area (TPSA) is 12.9 Å². The van der Waals surface area contributed by atoms with Crippen LogP contribution in [0.2, 0.25) is 0 Å². The van der Waals surface area contributed by atoms with E-state index < -0.39 is 11.9 Å². The minimum Gasteiger partial charge on any atom is -0.252 e. The molecule has 0 N–H and O–H groups in total. The van der Waals surface area contributed by atoms with Crippen LogP contribution >= 0.6 is 0 Å². The Morgan fingerprint density at radius 3 is 1.58 bits per heavy atom. The molecule has 0 amide bonds. The summed E-state index contributed by atoms with van der Waals surface area (Å²) in [6.45, 7) is 0. The fourth-order valence-corrected chi connectivity index (χ4v) is 5.22. The molecule has 0 atom stereocenters. The van der Waals surface area contributed by atoms with Crippen LogP contribution in [0.4, 0.5) is 13.2 Å². The van der Waals surface area contributed by atoms with Gasteiger partial charge in [0.2, 0.25) is 0 Å². The molecule has 179 valence electrons. The Balaban J connectivity index is 0.000000207. The Kier molecular flexibility index (Phi) is 6.15. The van der Waals surface area contributed by atoms with Crippen molar-refractivity contribution in [3.05, 3.63) is 148 Å². The molecule has 4 aliphatic carbocycles. The van der Waals surface area contributed by atoms with Crippen LogP contribution in [0.1, 0.15) is 27.9 Å². The molecule has 0 fully saturated rings. The maximum absolute atomic E-state index is 11.7. The van der Waals surface area contributed by atoms with E-state index in [0.29, 0.717) is 0 Å². The molecule has 0 saturated carbocycles. The van der Waals surface area contributed by atoms with E-state index in [1.165, 1.54) is 56.7 Å². The van der Waals surface area contributed by atoms with Crippen LogP contribution in [0.3, 0.4) is 0 Å². The molecule has 0 aliphatic heterocycles. The van der Waals surface area contributed by atoms with Crippen molar-refractivity contribution in [2.24, 2.45) is 5.41 Å². The summed E-state index contributed by atoms with van der Waals surface area (Å²) >= 11 is 0. The molecule has 7 rings (SSSR count). The standard InChI is InChI=1S/C25H16.C6H4F3N.Ir/c1-3-9-19-17(7-1)15-23-21(19)11-5-13-25(23)14-6-12-22-20-10-4-2-8-18(20)16-24(22)25;7-6(8,9)5-3-1-2-4-10-5;/h1-16H;1-4H;. The number of nitrogens with zero attached hydrogens (tertiary/aromatic N) is 1. The van der Waals surface area contributed by atoms with Crippen molar-refractivity contribution in [2.75, 3.05) is 0 Å². The van der Waals surface area contributed by atoms with Gasteiger partial charge in [-0.2, -0.15) is 13.2 Å². The van der Waals surface area contributed by atoms with Gasteiger partial charge in [0.25, 0.3) is 0 Å². The predicted molar refractivity (Wildman–Crippen MR) is 135 cm³/mol. The molecule has 1 spiro atoms. The second-order valence-corrected chi connectivity index (χ2v) is 8.75. The van der Waals surface area contributed by atoms with Gasteiger partial charge in [-0.1, -0.05) is 91.1 Å². The molecule has 1 aromatic heterocycles. The van der Waals surface area contributed by atoms with Crippen LogP contribution in [0.15, 0.2) is 121 Å². The van der Waals surface area contributed by atoms with Crippen LogP contribution in [-0.2, 0) is 26.3 Å². The van der Waals surface area contributed by atoms with Crippen molar-refractivity contribution in [1.29, 1.82) is 0 Å². The molecule has 1 heterocycles. The summed E-state index contributed by atoms with van der Waals surface area (Å²) in [6.07, 6.45) is 15.2. The summed E-state index contributed by atoms with van der Waals surface area (Å²) in [4.78, 5) is 3.12. The van der Waals surface area contributed by atoms with Crippen molar-refractivity contribution >= 4 is 23.3 Å². The zero-order valence-corrected chi connectivity index (χ0v) is 21.4. The van der Waals surface area contributed by atoms with Crippen molar-refractivity contribution in [2.45, 2.75) is 6.18 Å². The Hall–Kier alpha value is -3.53. The third kappa shape index (κ3) is 3.89. The number of halogens is 3. The number of pyridine rings is 1. The molecule has 3 aromatic rings. The number of hydrogen-bond donors (Lipinski definition) is 0. The van der Waals surface area contributed by atoms with E-state index in [1.54, 1.807) is 0 Å². The van der Waals surface area contributed by atoms with Gasteiger partial charge in [0.1, 0.15) is 5.69 Å². The van der Waals surface area contributed by atoms with Gasteiger partial charge in [-0.25, -0.2) is 0 Å². The van der Waals surface area contributed by atoms with Gasteiger partial charge >= 0.3 is 6.18 Å². The maximum Gasteiger partial charge on any atom is 0.433 e. The number of hydrogen-bond acceptors (Lipinski definition) is 1. The molecule has 2 aromatic carbocycles. The number of rotatable bonds is 0. The Labute approximate surface area is 221 Å². The first-order valence-electron chi connectivity index (χ1n) is 11.4. The summed E-state index contributed by atoms with van der Waals surface area (Å²) in [5.74, 6) is 0.